The Morgan fingerprint density at radius 3 is 3.00 bits per heavy atom. The van der Waals surface area contributed by atoms with Crippen molar-refractivity contribution < 1.29 is 4.79 Å². The molecule has 1 aromatic carbocycles. The van der Waals surface area contributed by atoms with Gasteiger partial charge in [0.1, 0.15) is 0 Å². The number of carbonyl (C=O) groups excluding carboxylic acids is 1. The van der Waals surface area contributed by atoms with E-state index in [1.54, 1.807) is 12.1 Å². The average Bonchev–Trinajstić information content (AvgIpc) is 2.46. The van der Waals surface area contributed by atoms with Crippen molar-refractivity contribution >= 4 is 28.4 Å². The lowest BCUT2D eigenvalue weighted by Gasteiger charge is -2.31. The molecule has 0 saturated carbocycles. The van der Waals surface area contributed by atoms with Crippen molar-refractivity contribution in [2.45, 2.75) is 25.8 Å². The van der Waals surface area contributed by atoms with Crippen LogP contribution in [-0.4, -0.2) is 34.9 Å². The van der Waals surface area contributed by atoms with Crippen molar-refractivity contribution in [3.05, 3.63) is 40.5 Å². The molecule has 1 aliphatic rings. The second kappa shape index (κ2) is 5.62. The molecule has 3 rings (SSSR count). The number of rotatable bonds is 1. The number of aromatic nitrogens is 1. The third kappa shape index (κ3) is 2.87. The van der Waals surface area contributed by atoms with Gasteiger partial charge >= 0.3 is 0 Å². The average molecular weight is 304 g/mol. The minimum absolute atomic E-state index is 0.0166. The standard InChI is InChI=1S/C16H18ClN3O/c1-10-7-14(13-8-11(17)4-5-15(13)19-10)16(21)20-6-2-3-12(18)9-20/h4-5,7-8,12H,2-3,6,9,18H2,1H3/t12-/m0/s1. The molecule has 1 aromatic heterocycles. The molecular weight excluding hydrogens is 286 g/mol. The molecule has 4 nitrogen and oxygen atoms in total. The summed E-state index contributed by atoms with van der Waals surface area (Å²) in [4.78, 5) is 19.1. The minimum Gasteiger partial charge on any atom is -0.337 e. The van der Waals surface area contributed by atoms with Gasteiger partial charge in [0.05, 0.1) is 11.1 Å². The minimum atomic E-state index is 0.0166. The second-order valence-electron chi connectivity index (χ2n) is 5.63. The van der Waals surface area contributed by atoms with Crippen LogP contribution in [0.5, 0.6) is 0 Å². The number of pyridine rings is 1. The summed E-state index contributed by atoms with van der Waals surface area (Å²) in [6.07, 6.45) is 1.93. The number of benzene rings is 1. The highest BCUT2D eigenvalue weighted by molar-refractivity contribution is 6.31. The Hall–Kier alpha value is -1.65. The molecule has 0 spiro atoms. The number of nitrogens with two attached hydrogens (primary N) is 1. The van der Waals surface area contributed by atoms with Crippen molar-refractivity contribution in [2.75, 3.05) is 13.1 Å². The van der Waals surface area contributed by atoms with Crippen molar-refractivity contribution in [1.82, 2.24) is 9.88 Å². The van der Waals surface area contributed by atoms with Crippen LogP contribution in [0.1, 0.15) is 28.9 Å². The first-order valence-corrected chi connectivity index (χ1v) is 7.54. The molecule has 0 radical (unpaired) electrons. The maximum atomic E-state index is 12.8. The quantitative estimate of drug-likeness (QED) is 0.881. The Morgan fingerprint density at radius 2 is 2.24 bits per heavy atom. The van der Waals surface area contributed by atoms with Gasteiger partial charge in [-0.3, -0.25) is 9.78 Å². The molecule has 1 saturated heterocycles. The summed E-state index contributed by atoms with van der Waals surface area (Å²) in [5.74, 6) is 0.0166. The fourth-order valence-corrected chi connectivity index (χ4v) is 3.04. The monoisotopic (exact) mass is 303 g/mol. The number of halogens is 1. The van der Waals surface area contributed by atoms with E-state index in [9.17, 15) is 4.79 Å². The van der Waals surface area contributed by atoms with E-state index in [4.69, 9.17) is 17.3 Å². The lowest BCUT2D eigenvalue weighted by molar-refractivity contribution is 0.0710. The molecule has 2 aromatic rings. The van der Waals surface area contributed by atoms with Crippen LogP contribution >= 0.6 is 11.6 Å². The van der Waals surface area contributed by atoms with Crippen LogP contribution in [0.2, 0.25) is 5.02 Å². The molecule has 1 atom stereocenters. The molecule has 5 heteroatoms. The van der Waals surface area contributed by atoms with Gasteiger partial charge in [0.25, 0.3) is 5.91 Å². The van der Waals surface area contributed by atoms with Gasteiger partial charge < -0.3 is 10.6 Å². The highest BCUT2D eigenvalue weighted by Crippen LogP contribution is 2.24. The van der Waals surface area contributed by atoms with Gasteiger partial charge in [0.2, 0.25) is 0 Å². The van der Waals surface area contributed by atoms with E-state index in [-0.39, 0.29) is 11.9 Å². The van der Waals surface area contributed by atoms with E-state index < -0.39 is 0 Å². The number of hydrogen-bond donors (Lipinski definition) is 1. The van der Waals surface area contributed by atoms with E-state index in [1.807, 2.05) is 24.0 Å². The zero-order valence-electron chi connectivity index (χ0n) is 12.0. The number of amides is 1. The van der Waals surface area contributed by atoms with Crippen LogP contribution in [0.4, 0.5) is 0 Å². The summed E-state index contributed by atoms with van der Waals surface area (Å²) in [6.45, 7) is 3.27. The highest BCUT2D eigenvalue weighted by Gasteiger charge is 2.24. The maximum absolute atomic E-state index is 12.8. The summed E-state index contributed by atoms with van der Waals surface area (Å²) in [6, 6.07) is 7.35. The third-order valence-electron chi connectivity index (χ3n) is 3.87. The van der Waals surface area contributed by atoms with Gasteiger partial charge in [0.15, 0.2) is 0 Å². The van der Waals surface area contributed by atoms with Crippen LogP contribution in [0.25, 0.3) is 10.9 Å². The number of nitrogens with zero attached hydrogens (tertiary/aromatic N) is 2. The van der Waals surface area contributed by atoms with E-state index >= 15 is 0 Å². The Balaban J connectivity index is 2.06. The van der Waals surface area contributed by atoms with Gasteiger partial charge in [-0.2, -0.15) is 0 Å². The first kappa shape index (κ1) is 14.3. The van der Waals surface area contributed by atoms with Crippen LogP contribution in [0, 0.1) is 6.92 Å². The molecule has 21 heavy (non-hydrogen) atoms. The normalized spacial score (nSPS) is 19.0. The molecule has 2 N–H and O–H groups in total. The summed E-state index contributed by atoms with van der Waals surface area (Å²) >= 11 is 6.07. The SMILES string of the molecule is Cc1cc(C(=O)N2CCC[C@H](N)C2)c2cc(Cl)ccc2n1. The van der Waals surface area contributed by atoms with Crippen molar-refractivity contribution in [1.29, 1.82) is 0 Å². The van der Waals surface area contributed by atoms with Gasteiger partial charge in [-0.15, -0.1) is 0 Å². The van der Waals surface area contributed by atoms with Gasteiger partial charge in [-0.25, -0.2) is 0 Å². The smallest absolute Gasteiger partial charge is 0.254 e. The van der Waals surface area contributed by atoms with Crippen LogP contribution in [0.3, 0.4) is 0 Å². The van der Waals surface area contributed by atoms with E-state index in [0.29, 0.717) is 17.1 Å². The van der Waals surface area contributed by atoms with Gasteiger partial charge in [0, 0.05) is 35.2 Å². The Kier molecular flexibility index (Phi) is 3.83. The molecule has 110 valence electrons. The van der Waals surface area contributed by atoms with Gasteiger partial charge in [-0.1, -0.05) is 11.6 Å². The summed E-state index contributed by atoms with van der Waals surface area (Å²) in [5, 5.41) is 1.41. The van der Waals surface area contributed by atoms with Crippen LogP contribution in [-0.2, 0) is 0 Å². The predicted molar refractivity (Wildman–Crippen MR) is 84.6 cm³/mol. The summed E-state index contributed by atoms with van der Waals surface area (Å²) in [5.41, 5.74) is 8.27. The Morgan fingerprint density at radius 1 is 1.43 bits per heavy atom. The first-order chi connectivity index (χ1) is 10.0. The molecule has 0 aliphatic carbocycles. The number of aryl methyl sites for hydroxylation is 1. The zero-order valence-corrected chi connectivity index (χ0v) is 12.7. The van der Waals surface area contributed by atoms with Crippen molar-refractivity contribution in [3.63, 3.8) is 0 Å². The lowest BCUT2D eigenvalue weighted by Crippen LogP contribution is -2.45. The molecule has 2 heterocycles. The van der Waals surface area contributed by atoms with Crippen LogP contribution < -0.4 is 5.73 Å². The molecule has 1 aliphatic heterocycles. The fourth-order valence-electron chi connectivity index (χ4n) is 2.87. The number of likely N-dealkylation sites (tertiary alicyclic amines) is 1. The van der Waals surface area contributed by atoms with Crippen molar-refractivity contribution in [2.24, 2.45) is 5.73 Å². The van der Waals surface area contributed by atoms with Crippen molar-refractivity contribution in [3.8, 4) is 0 Å². The fraction of sp³-hybridized carbons (Fsp3) is 0.375. The molecule has 0 unspecified atom stereocenters. The molecule has 1 amide bonds. The van der Waals surface area contributed by atoms with E-state index in [1.165, 1.54) is 0 Å². The zero-order chi connectivity index (χ0) is 15.0. The largest absolute Gasteiger partial charge is 0.337 e. The van der Waals surface area contributed by atoms with Gasteiger partial charge in [-0.05, 0) is 44.0 Å². The molecule has 0 bridgehead atoms. The first-order valence-electron chi connectivity index (χ1n) is 7.16. The van der Waals surface area contributed by atoms with E-state index in [2.05, 4.69) is 4.98 Å². The maximum Gasteiger partial charge on any atom is 0.254 e. The van der Waals surface area contributed by atoms with Crippen LogP contribution in [0.15, 0.2) is 24.3 Å². The number of piperidine rings is 1. The summed E-state index contributed by atoms with van der Waals surface area (Å²) in [7, 11) is 0. The second-order valence-corrected chi connectivity index (χ2v) is 6.06. The van der Waals surface area contributed by atoms with E-state index in [0.717, 1.165) is 36.0 Å². The summed E-state index contributed by atoms with van der Waals surface area (Å²) < 4.78 is 0. The number of fused-ring (bicyclic) bond motifs is 1. The molecule has 1 fully saturated rings. The lowest BCUT2D eigenvalue weighted by atomic mass is 10.0. The molecular formula is C16H18ClN3O. The predicted octanol–water partition coefficient (Wildman–Crippen LogP) is 2.76. The Bertz CT molecular complexity index is 701. The number of carbonyl (C=O) groups is 1. The highest BCUT2D eigenvalue weighted by atomic mass is 35.5. The Labute approximate surface area is 128 Å². The number of hydrogen-bond acceptors (Lipinski definition) is 3. The third-order valence-corrected chi connectivity index (χ3v) is 4.11. The topological polar surface area (TPSA) is 59.2 Å².